The maximum Gasteiger partial charge on any atom is 0.264 e. The van der Waals surface area contributed by atoms with Crippen molar-refractivity contribution in [3.8, 4) is 0 Å². The molecule has 0 saturated carbocycles. The highest BCUT2D eigenvalue weighted by Gasteiger charge is 2.25. The molecule has 3 aromatic rings. The molecule has 1 aliphatic rings. The van der Waals surface area contributed by atoms with E-state index >= 15 is 0 Å². The first-order chi connectivity index (χ1) is 13.6. The summed E-state index contributed by atoms with van der Waals surface area (Å²) in [6.45, 7) is -0.248. The van der Waals surface area contributed by atoms with Crippen LogP contribution >= 0.6 is 11.8 Å². The molecule has 1 saturated heterocycles. The topological polar surface area (TPSA) is 74.6 Å². The number of amidine groups is 1. The van der Waals surface area contributed by atoms with Crippen molar-refractivity contribution in [1.82, 2.24) is 10.3 Å². The van der Waals surface area contributed by atoms with Crippen molar-refractivity contribution in [3.63, 3.8) is 0 Å². The van der Waals surface area contributed by atoms with Crippen LogP contribution in [0.1, 0.15) is 17.2 Å². The number of aliphatic imine (C=N–C) groups is 1. The Bertz CT molecular complexity index is 1100. The third-order valence-electron chi connectivity index (χ3n) is 4.28. The molecule has 28 heavy (non-hydrogen) atoms. The SMILES string of the molecule is O=C1NC(=N[C@@H](CO)c2ccc(F)cc2)SC1=Cc1ccc2ncccc2c1. The Kier molecular flexibility index (Phi) is 5.18. The number of pyridine rings is 1. The molecular weight excluding hydrogens is 377 g/mol. The number of aromatic nitrogens is 1. The average molecular weight is 393 g/mol. The summed E-state index contributed by atoms with van der Waals surface area (Å²) in [7, 11) is 0. The minimum atomic E-state index is -0.575. The molecule has 0 bridgehead atoms. The number of rotatable bonds is 4. The first-order valence-corrected chi connectivity index (χ1v) is 9.44. The predicted octanol–water partition coefficient (Wildman–Crippen LogP) is 3.67. The number of benzene rings is 2. The Morgan fingerprint density at radius 2 is 2.04 bits per heavy atom. The Labute approximate surface area is 165 Å². The molecule has 140 valence electrons. The van der Waals surface area contributed by atoms with Crippen molar-refractivity contribution in [2.75, 3.05) is 6.61 Å². The normalized spacial score (nSPS) is 18.0. The lowest BCUT2D eigenvalue weighted by Crippen LogP contribution is -2.21. The number of hydrogen-bond donors (Lipinski definition) is 2. The van der Waals surface area contributed by atoms with Gasteiger partial charge in [0, 0.05) is 11.6 Å². The largest absolute Gasteiger partial charge is 0.394 e. The molecule has 0 unspecified atom stereocenters. The molecule has 2 heterocycles. The van der Waals surface area contributed by atoms with E-state index in [-0.39, 0.29) is 18.3 Å². The number of carbonyl (C=O) groups is 1. The van der Waals surface area contributed by atoms with Crippen LogP contribution in [0.2, 0.25) is 0 Å². The number of fused-ring (bicyclic) bond motifs is 1. The van der Waals surface area contributed by atoms with E-state index in [1.807, 2.05) is 30.3 Å². The number of nitrogens with zero attached hydrogens (tertiary/aromatic N) is 2. The van der Waals surface area contributed by atoms with E-state index in [0.29, 0.717) is 15.6 Å². The lowest BCUT2D eigenvalue weighted by atomic mass is 10.1. The van der Waals surface area contributed by atoms with Crippen LogP contribution in [0.5, 0.6) is 0 Å². The lowest BCUT2D eigenvalue weighted by molar-refractivity contribution is -0.115. The van der Waals surface area contributed by atoms with Crippen LogP contribution in [0.25, 0.3) is 17.0 Å². The Hall–Kier alpha value is -3.03. The van der Waals surface area contributed by atoms with Crippen molar-refractivity contribution >= 4 is 39.8 Å². The highest BCUT2D eigenvalue weighted by atomic mass is 32.2. The van der Waals surface area contributed by atoms with Crippen molar-refractivity contribution in [2.45, 2.75) is 6.04 Å². The predicted molar refractivity (Wildman–Crippen MR) is 109 cm³/mol. The highest BCUT2D eigenvalue weighted by molar-refractivity contribution is 8.18. The second kappa shape index (κ2) is 7.92. The van der Waals surface area contributed by atoms with E-state index in [9.17, 15) is 14.3 Å². The van der Waals surface area contributed by atoms with Crippen LogP contribution in [0, 0.1) is 5.82 Å². The van der Waals surface area contributed by atoms with E-state index in [1.54, 1.807) is 24.4 Å². The van der Waals surface area contributed by atoms with Gasteiger partial charge in [-0.25, -0.2) is 4.39 Å². The number of aliphatic hydroxyl groups excluding tert-OH is 1. The number of aliphatic hydroxyl groups is 1. The molecule has 0 radical (unpaired) electrons. The number of thioether (sulfide) groups is 1. The maximum atomic E-state index is 13.1. The number of carbonyl (C=O) groups excluding carboxylic acids is 1. The molecule has 5 nitrogen and oxygen atoms in total. The summed E-state index contributed by atoms with van der Waals surface area (Å²) in [5, 5.41) is 13.7. The van der Waals surface area contributed by atoms with Gasteiger partial charge in [0.15, 0.2) is 5.17 Å². The molecule has 1 aromatic heterocycles. The third kappa shape index (κ3) is 3.95. The van der Waals surface area contributed by atoms with Gasteiger partial charge in [-0.3, -0.25) is 14.8 Å². The van der Waals surface area contributed by atoms with E-state index in [4.69, 9.17) is 0 Å². The summed E-state index contributed by atoms with van der Waals surface area (Å²) >= 11 is 1.21. The fourth-order valence-corrected chi connectivity index (χ4v) is 3.74. The summed E-state index contributed by atoms with van der Waals surface area (Å²) in [6.07, 6.45) is 3.53. The molecule has 2 N–H and O–H groups in total. The molecule has 2 aromatic carbocycles. The molecular formula is C21H16FN3O2S. The van der Waals surface area contributed by atoms with Gasteiger partial charge >= 0.3 is 0 Å². The summed E-state index contributed by atoms with van der Waals surface area (Å²) in [5.41, 5.74) is 2.45. The summed E-state index contributed by atoms with van der Waals surface area (Å²) in [5.74, 6) is -0.599. The number of halogens is 1. The fourth-order valence-electron chi connectivity index (χ4n) is 2.87. The molecule has 0 spiro atoms. The minimum absolute atomic E-state index is 0.245. The minimum Gasteiger partial charge on any atom is -0.394 e. The van der Waals surface area contributed by atoms with E-state index < -0.39 is 6.04 Å². The van der Waals surface area contributed by atoms with Gasteiger partial charge in [-0.1, -0.05) is 24.3 Å². The van der Waals surface area contributed by atoms with Crippen molar-refractivity contribution in [1.29, 1.82) is 0 Å². The first kappa shape index (κ1) is 18.3. The average Bonchev–Trinajstić information content (AvgIpc) is 3.05. The Balaban J connectivity index is 1.57. The summed E-state index contributed by atoms with van der Waals surface area (Å²) in [6, 6.07) is 14.8. The smallest absolute Gasteiger partial charge is 0.264 e. The van der Waals surface area contributed by atoms with Crippen molar-refractivity contribution < 1.29 is 14.3 Å². The van der Waals surface area contributed by atoms with E-state index in [2.05, 4.69) is 15.3 Å². The summed E-state index contributed by atoms with van der Waals surface area (Å²) in [4.78, 5) is 21.5. The van der Waals surface area contributed by atoms with Crippen LogP contribution in [-0.2, 0) is 4.79 Å². The second-order valence-electron chi connectivity index (χ2n) is 6.20. The van der Waals surface area contributed by atoms with Gasteiger partial charge in [-0.15, -0.1) is 0 Å². The zero-order valence-electron chi connectivity index (χ0n) is 14.7. The number of amides is 1. The van der Waals surface area contributed by atoms with Crippen LogP contribution in [0.15, 0.2) is 70.7 Å². The van der Waals surface area contributed by atoms with Crippen LogP contribution < -0.4 is 5.32 Å². The van der Waals surface area contributed by atoms with Gasteiger partial charge in [0.25, 0.3) is 5.91 Å². The summed E-state index contributed by atoms with van der Waals surface area (Å²) < 4.78 is 13.1. The molecule has 1 amide bonds. The molecule has 4 rings (SSSR count). The van der Waals surface area contributed by atoms with Crippen LogP contribution in [-0.4, -0.2) is 27.8 Å². The first-order valence-electron chi connectivity index (χ1n) is 8.62. The Morgan fingerprint density at radius 3 is 2.82 bits per heavy atom. The number of nitrogens with one attached hydrogen (secondary N) is 1. The molecule has 1 aliphatic heterocycles. The van der Waals surface area contributed by atoms with Crippen molar-refractivity contribution in [3.05, 3.63) is 82.6 Å². The highest BCUT2D eigenvalue weighted by Crippen LogP contribution is 2.29. The molecule has 1 atom stereocenters. The molecule has 1 fully saturated rings. The quantitative estimate of drug-likeness (QED) is 0.664. The monoisotopic (exact) mass is 393 g/mol. The van der Waals surface area contributed by atoms with E-state index in [1.165, 1.54) is 23.9 Å². The van der Waals surface area contributed by atoms with Gasteiger partial charge in [-0.2, -0.15) is 0 Å². The molecule has 7 heteroatoms. The Morgan fingerprint density at radius 1 is 1.21 bits per heavy atom. The maximum absolute atomic E-state index is 13.1. The van der Waals surface area contributed by atoms with Gasteiger partial charge in [-0.05, 0) is 59.3 Å². The zero-order valence-corrected chi connectivity index (χ0v) is 15.5. The molecule has 0 aliphatic carbocycles. The fraction of sp³-hybridized carbons (Fsp3) is 0.0952. The lowest BCUT2D eigenvalue weighted by Gasteiger charge is -2.10. The standard InChI is InChI=1S/C21H16FN3O2S/c22-16-6-4-14(5-7-16)18(12-26)24-21-25-20(27)19(28-21)11-13-3-8-17-15(10-13)2-1-9-23-17/h1-11,18,26H,12H2,(H,24,25,27)/t18-/m0/s1. The zero-order chi connectivity index (χ0) is 19.5. The van der Waals surface area contributed by atoms with Gasteiger partial charge < -0.3 is 10.4 Å². The van der Waals surface area contributed by atoms with Crippen LogP contribution in [0.3, 0.4) is 0 Å². The van der Waals surface area contributed by atoms with Crippen molar-refractivity contribution in [2.24, 2.45) is 4.99 Å². The third-order valence-corrected chi connectivity index (χ3v) is 5.20. The second-order valence-corrected chi connectivity index (χ2v) is 7.24. The number of hydrogen-bond acceptors (Lipinski definition) is 5. The van der Waals surface area contributed by atoms with Gasteiger partial charge in [0.2, 0.25) is 0 Å². The van der Waals surface area contributed by atoms with Gasteiger partial charge in [0.1, 0.15) is 11.9 Å². The van der Waals surface area contributed by atoms with Crippen LogP contribution in [0.4, 0.5) is 4.39 Å². The van der Waals surface area contributed by atoms with Gasteiger partial charge in [0.05, 0.1) is 17.0 Å². The van der Waals surface area contributed by atoms with E-state index in [0.717, 1.165) is 16.5 Å².